The number of carbonyl (C=O) groups excluding carboxylic acids is 1. The summed E-state index contributed by atoms with van der Waals surface area (Å²) in [4.78, 5) is 18.3. The predicted molar refractivity (Wildman–Crippen MR) is 104 cm³/mol. The van der Waals surface area contributed by atoms with Crippen molar-refractivity contribution >= 4 is 11.6 Å². The summed E-state index contributed by atoms with van der Waals surface area (Å²) in [7, 11) is 4.01. The molecular formula is C21H21N3O2. The highest BCUT2D eigenvalue weighted by molar-refractivity contribution is 5.94. The van der Waals surface area contributed by atoms with E-state index < -0.39 is 0 Å². The van der Waals surface area contributed by atoms with Crippen molar-refractivity contribution in [2.24, 2.45) is 0 Å². The third-order valence-corrected chi connectivity index (χ3v) is 3.97. The molecule has 0 radical (unpaired) electrons. The van der Waals surface area contributed by atoms with Crippen LogP contribution in [-0.2, 0) is 0 Å². The molecular weight excluding hydrogens is 326 g/mol. The number of nitrogens with zero attached hydrogens (tertiary/aromatic N) is 2. The molecule has 0 unspecified atom stereocenters. The van der Waals surface area contributed by atoms with Gasteiger partial charge >= 0.3 is 0 Å². The maximum absolute atomic E-state index is 11.9. The van der Waals surface area contributed by atoms with Crippen molar-refractivity contribution in [3.8, 4) is 22.8 Å². The Bertz CT molecular complexity index is 894. The van der Waals surface area contributed by atoms with Crippen LogP contribution in [0.5, 0.6) is 0 Å². The molecule has 132 valence electrons. The maximum Gasteiger partial charge on any atom is 0.251 e. The lowest BCUT2D eigenvalue weighted by Crippen LogP contribution is -2.22. The average molecular weight is 347 g/mol. The number of hydrogen-bond acceptors (Lipinski definition) is 4. The molecule has 1 N–H and O–H groups in total. The van der Waals surface area contributed by atoms with Crippen molar-refractivity contribution in [3.63, 3.8) is 0 Å². The van der Waals surface area contributed by atoms with Gasteiger partial charge in [0.2, 0.25) is 5.89 Å². The van der Waals surface area contributed by atoms with Crippen LogP contribution in [0.3, 0.4) is 0 Å². The van der Waals surface area contributed by atoms with Gasteiger partial charge in [-0.1, -0.05) is 6.08 Å². The largest absolute Gasteiger partial charge is 0.436 e. The lowest BCUT2D eigenvalue weighted by Gasteiger charge is -2.11. The van der Waals surface area contributed by atoms with Crippen molar-refractivity contribution in [1.82, 2.24) is 10.3 Å². The van der Waals surface area contributed by atoms with Crippen molar-refractivity contribution in [3.05, 3.63) is 72.9 Å². The molecule has 0 atom stereocenters. The Morgan fingerprint density at radius 1 is 1.12 bits per heavy atom. The average Bonchev–Trinajstić information content (AvgIpc) is 3.16. The first-order valence-corrected chi connectivity index (χ1v) is 8.31. The molecule has 5 nitrogen and oxygen atoms in total. The Kier molecular flexibility index (Phi) is 5.17. The summed E-state index contributed by atoms with van der Waals surface area (Å²) in [6.07, 6.45) is 3.36. The summed E-state index contributed by atoms with van der Waals surface area (Å²) in [6.45, 7) is 4.02. The van der Waals surface area contributed by atoms with Crippen LogP contribution < -0.4 is 10.2 Å². The Balaban J connectivity index is 1.77. The van der Waals surface area contributed by atoms with Crippen LogP contribution in [0.15, 0.2) is 71.8 Å². The fourth-order valence-electron chi connectivity index (χ4n) is 2.50. The molecule has 0 saturated carbocycles. The Labute approximate surface area is 153 Å². The molecule has 2 aromatic carbocycles. The van der Waals surface area contributed by atoms with Gasteiger partial charge in [-0.15, -0.1) is 6.58 Å². The zero-order valence-corrected chi connectivity index (χ0v) is 14.9. The number of aromatic nitrogens is 1. The number of hydrogen-bond donors (Lipinski definition) is 1. The van der Waals surface area contributed by atoms with Crippen LogP contribution in [0.2, 0.25) is 0 Å². The van der Waals surface area contributed by atoms with Gasteiger partial charge in [0, 0.05) is 43.0 Å². The molecule has 0 aliphatic rings. The van der Waals surface area contributed by atoms with E-state index in [1.807, 2.05) is 55.4 Å². The van der Waals surface area contributed by atoms with Crippen LogP contribution in [-0.4, -0.2) is 31.5 Å². The molecule has 26 heavy (non-hydrogen) atoms. The van der Waals surface area contributed by atoms with Crippen LogP contribution in [0.4, 0.5) is 5.69 Å². The zero-order valence-electron chi connectivity index (χ0n) is 14.9. The summed E-state index contributed by atoms with van der Waals surface area (Å²) in [5.41, 5.74) is 3.50. The molecule has 1 aromatic heterocycles. The molecule has 0 fully saturated rings. The molecule has 1 amide bonds. The number of benzene rings is 2. The second kappa shape index (κ2) is 7.70. The SMILES string of the molecule is C=CCNC(=O)c1ccc(-c2ncc(-c3ccc(N(C)C)cc3)o2)cc1. The molecule has 0 bridgehead atoms. The van der Waals surface area contributed by atoms with Crippen molar-refractivity contribution in [2.45, 2.75) is 0 Å². The highest BCUT2D eigenvalue weighted by Gasteiger charge is 2.10. The summed E-state index contributed by atoms with van der Waals surface area (Å²) < 4.78 is 5.88. The fraction of sp³-hybridized carbons (Fsp3) is 0.143. The maximum atomic E-state index is 11.9. The zero-order chi connectivity index (χ0) is 18.5. The fourth-order valence-corrected chi connectivity index (χ4v) is 2.50. The summed E-state index contributed by atoms with van der Waals surface area (Å²) in [6, 6.07) is 15.2. The summed E-state index contributed by atoms with van der Waals surface area (Å²) in [5.74, 6) is 1.10. The van der Waals surface area contributed by atoms with E-state index in [9.17, 15) is 4.79 Å². The Morgan fingerprint density at radius 3 is 2.38 bits per heavy atom. The minimum absolute atomic E-state index is 0.134. The lowest BCUT2D eigenvalue weighted by molar-refractivity contribution is 0.0958. The van der Waals surface area contributed by atoms with E-state index in [4.69, 9.17) is 4.42 Å². The van der Waals surface area contributed by atoms with Crippen molar-refractivity contribution < 1.29 is 9.21 Å². The van der Waals surface area contributed by atoms with Gasteiger partial charge < -0.3 is 14.6 Å². The second-order valence-corrected chi connectivity index (χ2v) is 6.05. The first-order chi connectivity index (χ1) is 12.6. The van der Waals surface area contributed by atoms with E-state index in [-0.39, 0.29) is 5.91 Å². The van der Waals surface area contributed by atoms with Crippen LogP contribution in [0, 0.1) is 0 Å². The van der Waals surface area contributed by atoms with Crippen LogP contribution in [0.1, 0.15) is 10.4 Å². The molecule has 0 spiro atoms. The Morgan fingerprint density at radius 2 is 1.77 bits per heavy atom. The number of nitrogens with one attached hydrogen (secondary N) is 1. The molecule has 5 heteroatoms. The monoisotopic (exact) mass is 347 g/mol. The molecule has 3 aromatic rings. The first-order valence-electron chi connectivity index (χ1n) is 8.31. The first kappa shape index (κ1) is 17.5. The summed E-state index contributed by atoms with van der Waals surface area (Å²) in [5, 5.41) is 2.75. The number of anilines is 1. The van der Waals surface area contributed by atoms with Gasteiger partial charge in [0.1, 0.15) is 0 Å². The standard InChI is InChI=1S/C21H21N3O2/c1-4-13-22-20(25)16-5-7-17(8-6-16)21-23-14-19(26-21)15-9-11-18(12-10-15)24(2)3/h4-12,14H,1,13H2,2-3H3,(H,22,25). The predicted octanol–water partition coefficient (Wildman–Crippen LogP) is 3.99. The smallest absolute Gasteiger partial charge is 0.251 e. The van der Waals surface area contributed by atoms with E-state index >= 15 is 0 Å². The van der Waals surface area contributed by atoms with Crippen molar-refractivity contribution in [1.29, 1.82) is 0 Å². The minimum Gasteiger partial charge on any atom is -0.436 e. The van der Waals surface area contributed by atoms with Gasteiger partial charge in [0.25, 0.3) is 5.91 Å². The third-order valence-electron chi connectivity index (χ3n) is 3.97. The normalized spacial score (nSPS) is 10.4. The number of rotatable bonds is 6. The van der Waals surface area contributed by atoms with Gasteiger partial charge in [-0.25, -0.2) is 4.98 Å². The molecule has 1 heterocycles. The van der Waals surface area contributed by atoms with Gasteiger partial charge in [-0.2, -0.15) is 0 Å². The highest BCUT2D eigenvalue weighted by Crippen LogP contribution is 2.27. The van der Waals surface area contributed by atoms with Gasteiger partial charge in [0.05, 0.1) is 6.20 Å². The van der Waals surface area contributed by atoms with E-state index in [1.165, 1.54) is 0 Å². The van der Waals surface area contributed by atoms with Gasteiger partial charge in [0.15, 0.2) is 5.76 Å². The molecule has 0 aliphatic heterocycles. The van der Waals surface area contributed by atoms with E-state index in [0.29, 0.717) is 23.8 Å². The third kappa shape index (κ3) is 3.83. The van der Waals surface area contributed by atoms with Gasteiger partial charge in [-0.3, -0.25) is 4.79 Å². The van der Waals surface area contributed by atoms with Crippen molar-refractivity contribution in [2.75, 3.05) is 25.5 Å². The topological polar surface area (TPSA) is 58.4 Å². The van der Waals surface area contributed by atoms with E-state index in [2.05, 4.69) is 16.9 Å². The highest BCUT2D eigenvalue weighted by atomic mass is 16.4. The number of amides is 1. The molecule has 0 saturated heterocycles. The van der Waals surface area contributed by atoms with Crippen LogP contribution >= 0.6 is 0 Å². The Hall–Kier alpha value is -3.34. The number of oxazole rings is 1. The minimum atomic E-state index is -0.134. The van der Waals surface area contributed by atoms with Gasteiger partial charge in [-0.05, 0) is 48.5 Å². The summed E-state index contributed by atoms with van der Waals surface area (Å²) >= 11 is 0. The quantitative estimate of drug-likeness (QED) is 0.685. The molecule has 0 aliphatic carbocycles. The van der Waals surface area contributed by atoms with E-state index in [1.54, 1.807) is 24.4 Å². The number of carbonyl (C=O) groups is 1. The second-order valence-electron chi connectivity index (χ2n) is 6.05. The molecule has 3 rings (SSSR count). The van der Waals surface area contributed by atoms with E-state index in [0.717, 1.165) is 16.8 Å². The lowest BCUT2D eigenvalue weighted by atomic mass is 10.1. The van der Waals surface area contributed by atoms with Crippen LogP contribution in [0.25, 0.3) is 22.8 Å².